The van der Waals surface area contributed by atoms with Gasteiger partial charge >= 0.3 is 0 Å². The van der Waals surface area contributed by atoms with Crippen LogP contribution in [0.15, 0.2) is 69.1 Å². The maximum Gasteiger partial charge on any atom is 0.297 e. The molecule has 0 unspecified atom stereocenters. The summed E-state index contributed by atoms with van der Waals surface area (Å²) in [6, 6.07) is 6.20. The second-order valence-electron chi connectivity index (χ2n) is 11.1. The third-order valence-electron chi connectivity index (χ3n) is 9.09. The molecular formula is C28H31BrO5S. The molecule has 7 heteroatoms. The van der Waals surface area contributed by atoms with Crippen molar-refractivity contribution < 1.29 is 22.2 Å². The molecule has 186 valence electrons. The van der Waals surface area contributed by atoms with Gasteiger partial charge in [-0.15, -0.1) is 0 Å². The van der Waals surface area contributed by atoms with Crippen molar-refractivity contribution in [3.8, 4) is 0 Å². The zero-order valence-electron chi connectivity index (χ0n) is 20.3. The smallest absolute Gasteiger partial charge is 0.297 e. The second kappa shape index (κ2) is 8.63. The monoisotopic (exact) mass is 558 g/mol. The summed E-state index contributed by atoms with van der Waals surface area (Å²) in [6.07, 6.45) is 11.4. The molecule has 4 aliphatic carbocycles. The minimum Gasteiger partial charge on any atom is -0.297 e. The van der Waals surface area contributed by atoms with Gasteiger partial charge in [0.05, 0.1) is 4.90 Å². The molecule has 0 heterocycles. The summed E-state index contributed by atoms with van der Waals surface area (Å²) in [4.78, 5) is 25.5. The Morgan fingerprint density at radius 3 is 2.63 bits per heavy atom. The summed E-state index contributed by atoms with van der Waals surface area (Å²) >= 11 is 3.30. The van der Waals surface area contributed by atoms with Gasteiger partial charge in [-0.25, -0.2) is 0 Å². The molecule has 4 aliphatic rings. The lowest BCUT2D eigenvalue weighted by molar-refractivity contribution is -0.130. The van der Waals surface area contributed by atoms with E-state index in [4.69, 9.17) is 4.18 Å². The maximum absolute atomic E-state index is 13.5. The first-order chi connectivity index (χ1) is 16.5. The Morgan fingerprint density at radius 1 is 1.20 bits per heavy atom. The van der Waals surface area contributed by atoms with E-state index in [1.807, 2.05) is 0 Å². The number of carbonyl (C=O) groups excluding carboxylic acids is 2. The molecule has 0 aromatic heterocycles. The average molecular weight is 560 g/mol. The van der Waals surface area contributed by atoms with Gasteiger partial charge in [-0.05, 0) is 92.2 Å². The number of ketones is 2. The summed E-state index contributed by atoms with van der Waals surface area (Å²) in [5.74, 6) is 0.539. The van der Waals surface area contributed by atoms with Crippen LogP contribution in [0.1, 0.15) is 46.5 Å². The first-order valence-corrected chi connectivity index (χ1v) is 14.5. The highest BCUT2D eigenvalue weighted by atomic mass is 79.9. The summed E-state index contributed by atoms with van der Waals surface area (Å²) in [5, 5.41) is 0. The molecule has 5 rings (SSSR count). The average Bonchev–Trinajstić information content (AvgIpc) is 3.08. The Bertz CT molecular complexity index is 1270. The first-order valence-electron chi connectivity index (χ1n) is 12.3. The first kappa shape index (κ1) is 24.8. The van der Waals surface area contributed by atoms with Crippen molar-refractivity contribution >= 4 is 37.6 Å². The van der Waals surface area contributed by atoms with Crippen LogP contribution in [0.3, 0.4) is 0 Å². The predicted molar refractivity (Wildman–Crippen MR) is 137 cm³/mol. The van der Waals surface area contributed by atoms with Crippen molar-refractivity contribution in [2.75, 3.05) is 6.61 Å². The largest absolute Gasteiger partial charge is 0.297 e. The van der Waals surface area contributed by atoms with Gasteiger partial charge in [-0.3, -0.25) is 13.8 Å². The van der Waals surface area contributed by atoms with E-state index in [2.05, 4.69) is 48.9 Å². The maximum atomic E-state index is 13.5. The highest BCUT2D eigenvalue weighted by Crippen LogP contribution is 2.65. The Hall–Kier alpha value is -1.83. The predicted octanol–water partition coefficient (Wildman–Crippen LogP) is 5.81. The van der Waals surface area contributed by atoms with Crippen LogP contribution in [0.25, 0.3) is 0 Å². The normalized spacial score (nSPS) is 36.1. The van der Waals surface area contributed by atoms with Gasteiger partial charge in [0.15, 0.2) is 11.6 Å². The number of allylic oxidation sites excluding steroid dienone is 6. The Kier molecular flexibility index (Phi) is 6.13. The number of Topliss-reactive ketones (excluding diaryl/α,β-unsaturated/α-hetero) is 1. The fraction of sp³-hybridized carbons (Fsp3) is 0.500. The van der Waals surface area contributed by atoms with Crippen molar-refractivity contribution in [3.63, 3.8) is 0 Å². The SMILES string of the molecule is C[C@@H]1C[C@H]2[C@@H]3CCC4=CC(=O)C=C[C@]4(C)C3=CC[C@]2(C)[C@H]1C(=O)COS(=O)(=O)c1ccc(Br)cc1. The number of rotatable bonds is 5. The highest BCUT2D eigenvalue weighted by Gasteiger charge is 2.59. The molecule has 2 saturated carbocycles. The highest BCUT2D eigenvalue weighted by molar-refractivity contribution is 9.10. The lowest BCUT2D eigenvalue weighted by Gasteiger charge is -2.52. The van der Waals surface area contributed by atoms with Crippen molar-refractivity contribution in [1.82, 2.24) is 0 Å². The number of halogens is 1. The summed E-state index contributed by atoms with van der Waals surface area (Å²) in [7, 11) is -4.01. The molecule has 0 amide bonds. The topological polar surface area (TPSA) is 77.5 Å². The van der Waals surface area contributed by atoms with E-state index in [-0.39, 0.29) is 39.1 Å². The number of hydrogen-bond donors (Lipinski definition) is 0. The van der Waals surface area contributed by atoms with Gasteiger partial charge in [-0.2, -0.15) is 8.42 Å². The van der Waals surface area contributed by atoms with Crippen LogP contribution in [0.2, 0.25) is 0 Å². The Balaban J connectivity index is 1.37. The lowest BCUT2D eigenvalue weighted by atomic mass is 9.52. The quantitative estimate of drug-likeness (QED) is 0.336. The van der Waals surface area contributed by atoms with Crippen molar-refractivity contribution in [2.45, 2.75) is 51.3 Å². The van der Waals surface area contributed by atoms with E-state index >= 15 is 0 Å². The van der Waals surface area contributed by atoms with Gasteiger partial charge in [0.1, 0.15) is 6.61 Å². The van der Waals surface area contributed by atoms with Gasteiger partial charge in [0.25, 0.3) is 10.1 Å². The molecular weight excluding hydrogens is 528 g/mol. The number of hydrogen-bond acceptors (Lipinski definition) is 5. The molecule has 1 aromatic carbocycles. The molecule has 0 saturated heterocycles. The van der Waals surface area contributed by atoms with Gasteiger partial charge in [0, 0.05) is 15.8 Å². The molecule has 5 nitrogen and oxygen atoms in total. The van der Waals surface area contributed by atoms with Crippen molar-refractivity contribution in [3.05, 3.63) is 64.2 Å². The van der Waals surface area contributed by atoms with Gasteiger partial charge < -0.3 is 0 Å². The summed E-state index contributed by atoms with van der Waals surface area (Å²) in [5.41, 5.74) is 2.13. The molecule has 0 N–H and O–H groups in total. The van der Waals surface area contributed by atoms with E-state index in [1.165, 1.54) is 23.3 Å². The van der Waals surface area contributed by atoms with E-state index in [9.17, 15) is 18.0 Å². The standard InChI is InChI=1S/C28H31BrO5S/c1-17-14-24-22-9-4-18-15-20(30)10-12-27(18,2)23(22)11-13-28(24,3)26(17)25(31)16-34-35(32,33)21-7-5-19(29)6-8-21/h5-8,10-12,15,17,22,24,26H,4,9,13-14,16H2,1-3H3/t17-,22-,24+,26-,27+,28+/m1/s1. The van der Waals surface area contributed by atoms with E-state index in [1.54, 1.807) is 24.3 Å². The summed E-state index contributed by atoms with van der Waals surface area (Å²) < 4.78 is 31.3. The van der Waals surface area contributed by atoms with Crippen molar-refractivity contribution in [1.29, 1.82) is 0 Å². The summed E-state index contributed by atoms with van der Waals surface area (Å²) in [6.45, 7) is 6.09. The number of carbonyl (C=O) groups is 2. The second-order valence-corrected chi connectivity index (χ2v) is 13.6. The van der Waals surface area contributed by atoms with Gasteiger partial charge in [0.2, 0.25) is 0 Å². The minimum absolute atomic E-state index is 0.0422. The third-order valence-corrected chi connectivity index (χ3v) is 10.9. The van der Waals surface area contributed by atoms with Gasteiger partial charge in [-0.1, -0.05) is 53.1 Å². The third kappa shape index (κ3) is 4.04. The van der Waals surface area contributed by atoms with Crippen LogP contribution in [0.5, 0.6) is 0 Å². The van der Waals surface area contributed by atoms with Crippen LogP contribution in [-0.4, -0.2) is 26.6 Å². The molecule has 2 fully saturated rings. The molecule has 0 bridgehead atoms. The van der Waals surface area contributed by atoms with E-state index < -0.39 is 16.7 Å². The molecule has 6 atom stereocenters. The lowest BCUT2D eigenvalue weighted by Crippen LogP contribution is -2.45. The Labute approximate surface area is 216 Å². The molecule has 35 heavy (non-hydrogen) atoms. The molecule has 0 aliphatic heterocycles. The fourth-order valence-corrected chi connectivity index (χ4v) is 8.61. The molecule has 1 aromatic rings. The van der Waals surface area contributed by atoms with E-state index in [0.29, 0.717) is 11.8 Å². The van der Waals surface area contributed by atoms with Crippen LogP contribution in [-0.2, 0) is 23.9 Å². The van der Waals surface area contributed by atoms with E-state index in [0.717, 1.165) is 30.2 Å². The Morgan fingerprint density at radius 2 is 1.91 bits per heavy atom. The minimum atomic E-state index is -4.01. The number of fused-ring (bicyclic) bond motifs is 5. The van der Waals surface area contributed by atoms with Crippen molar-refractivity contribution in [2.24, 2.45) is 34.5 Å². The number of benzene rings is 1. The van der Waals surface area contributed by atoms with Crippen LogP contribution >= 0.6 is 15.9 Å². The molecule has 0 radical (unpaired) electrons. The van der Waals surface area contributed by atoms with Crippen LogP contribution < -0.4 is 0 Å². The molecule has 0 spiro atoms. The van der Waals surface area contributed by atoms with Crippen LogP contribution in [0, 0.1) is 34.5 Å². The zero-order chi connectivity index (χ0) is 25.2. The fourth-order valence-electron chi connectivity index (χ4n) is 7.47. The van der Waals surface area contributed by atoms with Crippen LogP contribution in [0.4, 0.5) is 0 Å². The zero-order valence-corrected chi connectivity index (χ0v) is 22.7.